The van der Waals surface area contributed by atoms with Gasteiger partial charge >= 0.3 is 0 Å². The van der Waals surface area contributed by atoms with Crippen molar-refractivity contribution in [3.05, 3.63) is 94.1 Å². The number of pyridine rings is 1. The van der Waals surface area contributed by atoms with Crippen LogP contribution in [0.4, 0.5) is 0 Å². The molecule has 25 heavy (non-hydrogen) atoms. The molecule has 0 fully saturated rings. The van der Waals surface area contributed by atoms with Crippen molar-refractivity contribution in [1.82, 2.24) is 4.98 Å². The van der Waals surface area contributed by atoms with Gasteiger partial charge in [-0.05, 0) is 48.2 Å². The standard InChI is InChI=1S/C23H19NO/c1-15-7-3-4-8-19(15)17-11-13-18(14-12-17)22-16(2)23(25)20-9-5-6-10-21(20)24-22/h3-14H,1-2H3,(H,24,25). The summed E-state index contributed by atoms with van der Waals surface area (Å²) in [5.41, 5.74) is 7.30. The molecule has 4 aromatic rings. The van der Waals surface area contributed by atoms with E-state index < -0.39 is 0 Å². The van der Waals surface area contributed by atoms with Crippen LogP contribution < -0.4 is 5.43 Å². The number of aromatic nitrogens is 1. The highest BCUT2D eigenvalue weighted by Crippen LogP contribution is 2.27. The van der Waals surface area contributed by atoms with Gasteiger partial charge in [0.25, 0.3) is 0 Å². The third-order valence-corrected chi connectivity index (χ3v) is 4.78. The zero-order chi connectivity index (χ0) is 17.4. The van der Waals surface area contributed by atoms with Gasteiger partial charge in [-0.3, -0.25) is 4.79 Å². The van der Waals surface area contributed by atoms with Crippen molar-refractivity contribution >= 4 is 10.9 Å². The number of para-hydroxylation sites is 1. The quantitative estimate of drug-likeness (QED) is 0.520. The first-order valence-electron chi connectivity index (χ1n) is 8.43. The van der Waals surface area contributed by atoms with Gasteiger partial charge in [-0.1, -0.05) is 60.7 Å². The Labute approximate surface area is 146 Å². The van der Waals surface area contributed by atoms with Gasteiger partial charge in [0.1, 0.15) is 0 Å². The summed E-state index contributed by atoms with van der Waals surface area (Å²) in [6.07, 6.45) is 0. The van der Waals surface area contributed by atoms with Crippen LogP contribution in [0.25, 0.3) is 33.3 Å². The van der Waals surface area contributed by atoms with Gasteiger partial charge in [0.2, 0.25) is 0 Å². The van der Waals surface area contributed by atoms with Crippen LogP contribution in [0.5, 0.6) is 0 Å². The maximum atomic E-state index is 12.6. The highest BCUT2D eigenvalue weighted by atomic mass is 16.1. The van der Waals surface area contributed by atoms with Gasteiger partial charge in [-0.15, -0.1) is 0 Å². The second-order valence-electron chi connectivity index (χ2n) is 6.39. The van der Waals surface area contributed by atoms with E-state index in [0.717, 1.165) is 27.7 Å². The van der Waals surface area contributed by atoms with E-state index in [-0.39, 0.29) is 5.43 Å². The van der Waals surface area contributed by atoms with E-state index in [2.05, 4.69) is 60.4 Å². The van der Waals surface area contributed by atoms with Crippen molar-refractivity contribution in [2.45, 2.75) is 13.8 Å². The van der Waals surface area contributed by atoms with E-state index in [1.807, 2.05) is 31.2 Å². The predicted octanol–water partition coefficient (Wildman–Crippen LogP) is 5.48. The second-order valence-corrected chi connectivity index (χ2v) is 6.39. The van der Waals surface area contributed by atoms with Gasteiger partial charge in [-0.2, -0.15) is 0 Å². The lowest BCUT2D eigenvalue weighted by Crippen LogP contribution is -2.09. The largest absolute Gasteiger partial charge is 0.354 e. The summed E-state index contributed by atoms with van der Waals surface area (Å²) in [5, 5.41) is 0.736. The number of nitrogens with one attached hydrogen (secondary N) is 1. The van der Waals surface area contributed by atoms with E-state index in [4.69, 9.17) is 0 Å². The Morgan fingerprint density at radius 1 is 0.720 bits per heavy atom. The number of rotatable bonds is 2. The number of fused-ring (bicyclic) bond motifs is 1. The highest BCUT2D eigenvalue weighted by molar-refractivity contribution is 5.83. The van der Waals surface area contributed by atoms with Gasteiger partial charge < -0.3 is 4.98 Å². The molecule has 4 rings (SSSR count). The number of benzene rings is 3. The molecule has 0 spiro atoms. The zero-order valence-corrected chi connectivity index (χ0v) is 14.3. The van der Waals surface area contributed by atoms with Crippen molar-refractivity contribution in [1.29, 1.82) is 0 Å². The Hall–Kier alpha value is -3.13. The van der Waals surface area contributed by atoms with E-state index in [1.165, 1.54) is 16.7 Å². The number of hydrogen-bond donors (Lipinski definition) is 1. The second kappa shape index (κ2) is 6.06. The Bertz CT molecular complexity index is 1120. The third kappa shape index (κ3) is 2.66. The van der Waals surface area contributed by atoms with Crippen LogP contribution in [0.3, 0.4) is 0 Å². The van der Waals surface area contributed by atoms with Crippen LogP contribution in [-0.2, 0) is 0 Å². The third-order valence-electron chi connectivity index (χ3n) is 4.78. The Morgan fingerprint density at radius 2 is 1.36 bits per heavy atom. The molecule has 1 N–H and O–H groups in total. The first-order chi connectivity index (χ1) is 12.1. The molecule has 1 aromatic heterocycles. The molecule has 122 valence electrons. The highest BCUT2D eigenvalue weighted by Gasteiger charge is 2.10. The smallest absolute Gasteiger partial charge is 0.192 e. The number of hydrogen-bond acceptors (Lipinski definition) is 1. The molecule has 0 aliphatic carbocycles. The molecule has 0 aliphatic heterocycles. The van der Waals surface area contributed by atoms with E-state index in [1.54, 1.807) is 0 Å². The molecule has 3 aromatic carbocycles. The molecule has 0 atom stereocenters. The zero-order valence-electron chi connectivity index (χ0n) is 14.3. The summed E-state index contributed by atoms with van der Waals surface area (Å²) < 4.78 is 0. The van der Waals surface area contributed by atoms with Crippen LogP contribution in [-0.4, -0.2) is 4.98 Å². The molecule has 0 amide bonds. The topological polar surface area (TPSA) is 32.9 Å². The minimum atomic E-state index is 0.0901. The molecule has 2 heteroatoms. The molecule has 1 heterocycles. The summed E-state index contributed by atoms with van der Waals surface area (Å²) in [6.45, 7) is 4.00. The number of aryl methyl sites for hydroxylation is 1. The molecule has 0 saturated carbocycles. The fourth-order valence-corrected chi connectivity index (χ4v) is 3.34. The van der Waals surface area contributed by atoms with Crippen molar-refractivity contribution in [2.75, 3.05) is 0 Å². The van der Waals surface area contributed by atoms with E-state index >= 15 is 0 Å². The predicted molar refractivity (Wildman–Crippen MR) is 105 cm³/mol. The Balaban J connectivity index is 1.84. The minimum Gasteiger partial charge on any atom is -0.354 e. The summed E-state index contributed by atoms with van der Waals surface area (Å²) in [4.78, 5) is 16.1. The van der Waals surface area contributed by atoms with Crippen molar-refractivity contribution < 1.29 is 0 Å². The lowest BCUT2D eigenvalue weighted by Gasteiger charge is -2.10. The fourth-order valence-electron chi connectivity index (χ4n) is 3.34. The van der Waals surface area contributed by atoms with Gasteiger partial charge in [0.15, 0.2) is 5.43 Å². The molecule has 0 aliphatic rings. The molecule has 0 radical (unpaired) electrons. The number of aromatic amines is 1. The lowest BCUT2D eigenvalue weighted by molar-refractivity contribution is 1.30. The molecule has 0 unspecified atom stereocenters. The first kappa shape index (κ1) is 15.4. The summed E-state index contributed by atoms with van der Waals surface area (Å²) in [7, 11) is 0. The van der Waals surface area contributed by atoms with Crippen LogP contribution in [0, 0.1) is 13.8 Å². The molecule has 0 saturated heterocycles. The molecular weight excluding hydrogens is 306 g/mol. The first-order valence-corrected chi connectivity index (χ1v) is 8.43. The summed E-state index contributed by atoms with van der Waals surface area (Å²) >= 11 is 0. The van der Waals surface area contributed by atoms with Crippen molar-refractivity contribution in [3.8, 4) is 22.4 Å². The van der Waals surface area contributed by atoms with Gasteiger partial charge in [-0.25, -0.2) is 0 Å². The van der Waals surface area contributed by atoms with E-state index in [9.17, 15) is 4.79 Å². The summed E-state index contributed by atoms with van der Waals surface area (Å²) in [5.74, 6) is 0. The molecule has 0 bridgehead atoms. The minimum absolute atomic E-state index is 0.0901. The van der Waals surface area contributed by atoms with Crippen LogP contribution >= 0.6 is 0 Å². The average molecular weight is 325 g/mol. The van der Waals surface area contributed by atoms with Gasteiger partial charge in [0, 0.05) is 16.5 Å². The molecule has 2 nitrogen and oxygen atoms in total. The van der Waals surface area contributed by atoms with Gasteiger partial charge in [0.05, 0.1) is 5.69 Å². The lowest BCUT2D eigenvalue weighted by atomic mass is 9.97. The van der Waals surface area contributed by atoms with Crippen LogP contribution in [0.2, 0.25) is 0 Å². The maximum absolute atomic E-state index is 12.6. The normalized spacial score (nSPS) is 11.0. The number of H-pyrrole nitrogens is 1. The van der Waals surface area contributed by atoms with Crippen molar-refractivity contribution in [3.63, 3.8) is 0 Å². The Kier molecular flexibility index (Phi) is 3.73. The fraction of sp³-hybridized carbons (Fsp3) is 0.0870. The average Bonchev–Trinajstić information content (AvgIpc) is 2.65. The van der Waals surface area contributed by atoms with Crippen molar-refractivity contribution in [2.24, 2.45) is 0 Å². The summed E-state index contributed by atoms with van der Waals surface area (Å²) in [6, 6.07) is 24.4. The SMILES string of the molecule is Cc1ccccc1-c1ccc(-c2[nH]c3ccccc3c(=O)c2C)cc1. The van der Waals surface area contributed by atoms with Crippen LogP contribution in [0.15, 0.2) is 77.6 Å². The molecular formula is C23H19NO. The Morgan fingerprint density at radius 3 is 2.12 bits per heavy atom. The van der Waals surface area contributed by atoms with E-state index in [0.29, 0.717) is 0 Å². The van der Waals surface area contributed by atoms with Crippen LogP contribution in [0.1, 0.15) is 11.1 Å². The maximum Gasteiger partial charge on any atom is 0.192 e. The monoisotopic (exact) mass is 325 g/mol.